The third-order valence-electron chi connectivity index (χ3n) is 4.27. The second kappa shape index (κ2) is 5.83. The van der Waals surface area contributed by atoms with Crippen LogP contribution < -0.4 is 5.32 Å². The summed E-state index contributed by atoms with van der Waals surface area (Å²) in [6.45, 7) is 3.18. The van der Waals surface area contributed by atoms with Crippen molar-refractivity contribution in [1.82, 2.24) is 10.2 Å². The van der Waals surface area contributed by atoms with Crippen LogP contribution in [0.2, 0.25) is 0 Å². The number of nitrogens with one attached hydrogen (secondary N) is 1. The second-order valence-corrected chi connectivity index (χ2v) is 5.65. The molecule has 2 N–H and O–H groups in total. The largest absolute Gasteiger partial charge is 0.481 e. The fraction of sp³-hybridized carbons (Fsp3) is 0.923. The minimum absolute atomic E-state index is 0.108. The number of nitrogens with zero attached hydrogens (tertiary/aromatic N) is 1. The molecule has 0 radical (unpaired) electrons. The molecule has 1 heterocycles. The highest BCUT2D eigenvalue weighted by molar-refractivity contribution is 5.70. The number of piperidine rings is 1. The molecule has 3 unspecified atom stereocenters. The molecule has 4 heteroatoms. The predicted octanol–water partition coefficient (Wildman–Crippen LogP) is 1.17. The third-order valence-corrected chi connectivity index (χ3v) is 4.27. The molecule has 4 nitrogen and oxygen atoms in total. The van der Waals surface area contributed by atoms with Gasteiger partial charge in [0.2, 0.25) is 0 Å². The summed E-state index contributed by atoms with van der Waals surface area (Å²) in [7, 11) is 2.16. The van der Waals surface area contributed by atoms with E-state index in [9.17, 15) is 4.79 Å². The number of hydrogen-bond acceptors (Lipinski definition) is 3. The molecule has 1 aliphatic carbocycles. The summed E-state index contributed by atoms with van der Waals surface area (Å²) in [6, 6.07) is 0.559. The molecule has 0 amide bonds. The Hall–Kier alpha value is -0.610. The van der Waals surface area contributed by atoms with Crippen LogP contribution >= 0.6 is 0 Å². The molecular formula is C13H24N2O2. The van der Waals surface area contributed by atoms with Gasteiger partial charge < -0.3 is 15.3 Å². The molecule has 2 aliphatic rings. The van der Waals surface area contributed by atoms with E-state index in [-0.39, 0.29) is 5.92 Å². The van der Waals surface area contributed by atoms with Gasteiger partial charge >= 0.3 is 5.97 Å². The molecule has 98 valence electrons. The van der Waals surface area contributed by atoms with Crippen molar-refractivity contribution in [3.8, 4) is 0 Å². The van der Waals surface area contributed by atoms with Crippen molar-refractivity contribution in [2.24, 2.45) is 11.8 Å². The van der Waals surface area contributed by atoms with E-state index >= 15 is 0 Å². The maximum atomic E-state index is 11.1. The van der Waals surface area contributed by atoms with E-state index in [0.717, 1.165) is 32.4 Å². The monoisotopic (exact) mass is 240 g/mol. The lowest BCUT2D eigenvalue weighted by Gasteiger charge is -2.31. The van der Waals surface area contributed by atoms with E-state index in [0.29, 0.717) is 12.0 Å². The summed E-state index contributed by atoms with van der Waals surface area (Å²) >= 11 is 0. The first kappa shape index (κ1) is 12.8. The molecule has 17 heavy (non-hydrogen) atoms. The topological polar surface area (TPSA) is 52.6 Å². The predicted molar refractivity (Wildman–Crippen MR) is 67.0 cm³/mol. The van der Waals surface area contributed by atoms with Gasteiger partial charge in [-0.15, -0.1) is 0 Å². The van der Waals surface area contributed by atoms with Crippen molar-refractivity contribution >= 4 is 5.97 Å². The molecule has 2 rings (SSSR count). The lowest BCUT2D eigenvalue weighted by atomic mass is 9.95. The average molecular weight is 240 g/mol. The smallest absolute Gasteiger partial charge is 0.306 e. The molecule has 0 aromatic rings. The standard InChI is InChI=1S/C13H24N2O2/c1-15-7-3-5-11(9-15)14-8-10-4-2-6-12(10)13(16)17/h10-12,14H,2-9H2,1H3,(H,16,17). The van der Waals surface area contributed by atoms with Crippen LogP contribution in [0, 0.1) is 11.8 Å². The van der Waals surface area contributed by atoms with E-state index < -0.39 is 5.97 Å². The van der Waals surface area contributed by atoms with Gasteiger partial charge in [-0.05, 0) is 51.7 Å². The van der Waals surface area contributed by atoms with Gasteiger partial charge in [-0.25, -0.2) is 0 Å². The minimum atomic E-state index is -0.602. The van der Waals surface area contributed by atoms with Crippen molar-refractivity contribution in [1.29, 1.82) is 0 Å². The Morgan fingerprint density at radius 3 is 2.88 bits per heavy atom. The molecule has 1 saturated heterocycles. The molecular weight excluding hydrogens is 216 g/mol. The first-order valence-corrected chi connectivity index (χ1v) is 6.81. The Kier molecular flexibility index (Phi) is 4.40. The SMILES string of the molecule is CN1CCCC(NCC2CCCC2C(=O)O)C1. The molecule has 0 spiro atoms. The highest BCUT2D eigenvalue weighted by Crippen LogP contribution is 2.31. The fourth-order valence-electron chi connectivity index (χ4n) is 3.26. The Bertz CT molecular complexity index is 270. The number of rotatable bonds is 4. The van der Waals surface area contributed by atoms with Gasteiger partial charge in [-0.1, -0.05) is 6.42 Å². The molecule has 2 fully saturated rings. The Morgan fingerprint density at radius 1 is 1.35 bits per heavy atom. The molecule has 0 aromatic heterocycles. The van der Waals surface area contributed by atoms with E-state index in [1.54, 1.807) is 0 Å². The van der Waals surface area contributed by atoms with Crippen LogP contribution in [0.3, 0.4) is 0 Å². The summed E-state index contributed by atoms with van der Waals surface area (Å²) in [5, 5.41) is 12.7. The number of carbonyl (C=O) groups is 1. The number of hydrogen-bond donors (Lipinski definition) is 2. The van der Waals surface area contributed by atoms with E-state index in [4.69, 9.17) is 5.11 Å². The van der Waals surface area contributed by atoms with Gasteiger partial charge in [-0.3, -0.25) is 4.79 Å². The lowest BCUT2D eigenvalue weighted by molar-refractivity contribution is -0.142. The summed E-state index contributed by atoms with van der Waals surface area (Å²) in [4.78, 5) is 13.4. The number of carboxylic acid groups (broad SMARTS) is 1. The van der Waals surface area contributed by atoms with Gasteiger partial charge in [0.15, 0.2) is 0 Å². The van der Waals surface area contributed by atoms with Crippen LogP contribution in [0.1, 0.15) is 32.1 Å². The molecule has 0 bridgehead atoms. The van der Waals surface area contributed by atoms with Crippen molar-refractivity contribution in [2.45, 2.75) is 38.1 Å². The zero-order valence-electron chi connectivity index (χ0n) is 10.7. The highest BCUT2D eigenvalue weighted by atomic mass is 16.4. The van der Waals surface area contributed by atoms with Crippen molar-refractivity contribution in [2.75, 3.05) is 26.7 Å². The summed E-state index contributed by atoms with van der Waals surface area (Å²) in [5.74, 6) is -0.362. The number of likely N-dealkylation sites (N-methyl/N-ethyl adjacent to an activating group) is 1. The quantitative estimate of drug-likeness (QED) is 0.774. The van der Waals surface area contributed by atoms with Crippen molar-refractivity contribution < 1.29 is 9.90 Å². The van der Waals surface area contributed by atoms with Gasteiger partial charge in [0.05, 0.1) is 5.92 Å². The highest BCUT2D eigenvalue weighted by Gasteiger charge is 2.33. The number of aliphatic carboxylic acids is 1. The van der Waals surface area contributed by atoms with E-state index in [1.807, 2.05) is 0 Å². The van der Waals surface area contributed by atoms with E-state index in [1.165, 1.54) is 19.4 Å². The first-order chi connectivity index (χ1) is 8.16. The van der Waals surface area contributed by atoms with Crippen molar-refractivity contribution in [3.63, 3.8) is 0 Å². The van der Waals surface area contributed by atoms with Gasteiger partial charge in [0.1, 0.15) is 0 Å². The molecule has 3 atom stereocenters. The fourth-order valence-corrected chi connectivity index (χ4v) is 3.26. The van der Waals surface area contributed by atoms with Gasteiger partial charge in [-0.2, -0.15) is 0 Å². The van der Waals surface area contributed by atoms with Crippen LogP contribution in [0.25, 0.3) is 0 Å². The second-order valence-electron chi connectivity index (χ2n) is 5.65. The molecule has 0 aromatic carbocycles. The van der Waals surface area contributed by atoms with Crippen LogP contribution in [-0.2, 0) is 4.79 Å². The molecule has 1 saturated carbocycles. The van der Waals surface area contributed by atoms with Crippen LogP contribution in [0.15, 0.2) is 0 Å². The van der Waals surface area contributed by atoms with Gasteiger partial charge in [0, 0.05) is 12.6 Å². The maximum Gasteiger partial charge on any atom is 0.306 e. The third kappa shape index (κ3) is 3.42. The number of likely N-dealkylation sites (tertiary alicyclic amines) is 1. The van der Waals surface area contributed by atoms with Crippen molar-refractivity contribution in [3.05, 3.63) is 0 Å². The van der Waals surface area contributed by atoms with E-state index in [2.05, 4.69) is 17.3 Å². The molecule has 1 aliphatic heterocycles. The Balaban J connectivity index is 1.75. The van der Waals surface area contributed by atoms with Crippen LogP contribution in [-0.4, -0.2) is 48.7 Å². The number of carboxylic acids is 1. The maximum absolute atomic E-state index is 11.1. The summed E-state index contributed by atoms with van der Waals surface area (Å²) in [5.41, 5.74) is 0. The normalized spacial score (nSPS) is 35.0. The van der Waals surface area contributed by atoms with Gasteiger partial charge in [0.25, 0.3) is 0 Å². The average Bonchev–Trinajstić information content (AvgIpc) is 2.74. The summed E-state index contributed by atoms with van der Waals surface area (Å²) in [6.07, 6.45) is 5.50. The Labute approximate surface area is 103 Å². The zero-order chi connectivity index (χ0) is 12.3. The summed E-state index contributed by atoms with van der Waals surface area (Å²) < 4.78 is 0. The zero-order valence-corrected chi connectivity index (χ0v) is 10.7. The van der Waals surface area contributed by atoms with Crippen LogP contribution in [0.4, 0.5) is 0 Å². The minimum Gasteiger partial charge on any atom is -0.481 e. The van der Waals surface area contributed by atoms with Crippen LogP contribution in [0.5, 0.6) is 0 Å². The Morgan fingerprint density at radius 2 is 2.18 bits per heavy atom. The first-order valence-electron chi connectivity index (χ1n) is 6.81. The lowest BCUT2D eigenvalue weighted by Crippen LogP contribution is -2.46.